The van der Waals surface area contributed by atoms with E-state index in [0.29, 0.717) is 11.6 Å². The van der Waals surface area contributed by atoms with E-state index in [-0.39, 0.29) is 73.1 Å². The van der Waals surface area contributed by atoms with Crippen LogP contribution in [0.25, 0.3) is 0 Å². The standard InChI is InChI=1S/2C6H14N2.C6H13N.C5H5N.C5H10O2.C5H10S2.C4H6N4.3C4H4N2.C3H3N3.13C2H6.9CH4/c1-7-3-5-8(2)6-4-7;1-7-4-3-5-8(2)6-7;1-7-5-3-2-4-6-7;1-2-4-6-5-3-1;2*1-5-6-3-2-4-7-5;1-3-5-7-4(2)8-6-3;1-2-6-4-3-5-1;1-2-5-4-6-3-1;1-2-4-6-5-3-1;1-2-5-6-3-4-1;13*1-2;;;;;;;;;/h2*3-6H2,1-2H3;2-6H2,1H3;1-5H;2*5H,2-4H2,1H3;1-2H3;3*1-4H;1-3H;13*1-2H3;9*1H4. The minimum Gasteiger partial charge on any atom is -0.353 e. The van der Waals surface area contributed by atoms with Gasteiger partial charge < -0.3 is 24.2 Å². The molecule has 11 rings (SSSR count). The van der Waals surface area contributed by atoms with Crippen molar-refractivity contribution in [1.29, 1.82) is 0 Å². The number of pyridine rings is 1. The van der Waals surface area contributed by atoms with Crippen molar-refractivity contribution in [1.82, 2.24) is 95.2 Å². The molecule has 110 heavy (non-hydrogen) atoms. The van der Waals surface area contributed by atoms with Gasteiger partial charge in [0, 0.05) is 112 Å². The molecule has 0 spiro atoms. The van der Waals surface area contributed by atoms with E-state index >= 15 is 0 Å². The normalized spacial score (nSPS) is 12.2. The lowest BCUT2D eigenvalue weighted by molar-refractivity contribution is -0.167. The first kappa shape index (κ1) is 165. The van der Waals surface area contributed by atoms with Gasteiger partial charge in [0.2, 0.25) is 0 Å². The first-order chi connectivity index (χ1) is 49.5. The summed E-state index contributed by atoms with van der Waals surface area (Å²) in [5.74, 6) is 3.98. The van der Waals surface area contributed by atoms with Crippen LogP contribution in [0.15, 0.2) is 123 Å². The number of thioether (sulfide) groups is 2. The number of ether oxygens (including phenoxy) is 2. The quantitative estimate of drug-likeness (QED) is 0.138. The van der Waals surface area contributed by atoms with Crippen LogP contribution in [-0.2, 0) is 9.47 Å². The second-order valence-corrected chi connectivity index (χ2v) is 20.2. The first-order valence-corrected chi connectivity index (χ1v) is 40.6. The summed E-state index contributed by atoms with van der Waals surface area (Å²) in [6.07, 6.45) is 30.8. The Hall–Kier alpha value is -5.24. The van der Waals surface area contributed by atoms with Crippen molar-refractivity contribution in [2.45, 2.75) is 324 Å². The molecule has 0 radical (unpaired) electrons. The molecule has 0 N–H and O–H groups in total. The molecule has 6 aromatic rings. The molecule has 0 unspecified atom stereocenters. The molecule has 21 nitrogen and oxygen atoms in total. The highest BCUT2D eigenvalue weighted by atomic mass is 32.2. The van der Waals surface area contributed by atoms with E-state index < -0.39 is 0 Å². The van der Waals surface area contributed by atoms with Crippen LogP contribution in [0.3, 0.4) is 0 Å². The number of hydrogen-bond acceptors (Lipinski definition) is 23. The van der Waals surface area contributed by atoms with Crippen LogP contribution >= 0.6 is 23.5 Å². The largest absolute Gasteiger partial charge is 0.353 e. The average Bonchev–Trinajstić information content (AvgIpc) is 0.968. The molecule has 11 heterocycles. The molecule has 0 atom stereocenters. The number of piperazine rings is 1. The second-order valence-electron chi connectivity index (χ2n) is 17.0. The smallest absolute Gasteiger partial charge is 0.170 e. The van der Waals surface area contributed by atoms with Gasteiger partial charge in [-0.3, -0.25) is 24.8 Å². The van der Waals surface area contributed by atoms with Gasteiger partial charge in [-0.1, -0.05) is 259 Å². The molecule has 5 aliphatic rings. The van der Waals surface area contributed by atoms with E-state index in [4.69, 9.17) is 9.47 Å². The molecule has 5 saturated heterocycles. The number of hydrogen-bond donors (Lipinski definition) is 0. The summed E-state index contributed by atoms with van der Waals surface area (Å²) in [5, 5.41) is 28.6. The van der Waals surface area contributed by atoms with Gasteiger partial charge in [0.15, 0.2) is 17.9 Å². The van der Waals surface area contributed by atoms with Gasteiger partial charge in [-0.05, 0) is 150 Å². The van der Waals surface area contributed by atoms with Gasteiger partial charge in [-0.2, -0.15) is 15.3 Å². The molecule has 0 bridgehead atoms. The van der Waals surface area contributed by atoms with Crippen molar-refractivity contribution < 1.29 is 9.47 Å². The molecular weight excluding hydrogens is 1410 g/mol. The van der Waals surface area contributed by atoms with Crippen LogP contribution in [0.1, 0.15) is 311 Å². The number of likely N-dealkylation sites (N-methyl/N-ethyl adjacent to an activating group) is 2. The average molecular weight is 1610 g/mol. The molecule has 0 aromatic carbocycles. The molecular formula is C87H201N19O2S2. The Kier molecular flexibility index (Phi) is 264. The number of likely N-dealkylation sites (tertiary alicyclic amines) is 1. The van der Waals surface area contributed by atoms with E-state index in [1.54, 1.807) is 88.1 Å². The molecule has 6 aromatic heterocycles. The summed E-state index contributed by atoms with van der Waals surface area (Å²) in [7, 11) is 10.9. The molecule has 5 aliphatic heterocycles. The zero-order valence-corrected chi connectivity index (χ0v) is 73.9. The van der Waals surface area contributed by atoms with Crippen LogP contribution in [0, 0.1) is 13.8 Å². The Bertz CT molecular complexity index is 1590. The molecule has 0 saturated carbocycles. The SMILES string of the molecule is C.C.C.C.C.C.C.C.C.CC.CC.CC.CC.CC.CC.CC.CC.CC.CC.CC.CC.CC.CC1OCCCO1.CC1SCCCS1.CN1CCCCC1.CN1CCCN(C)C1.CN1CCN(C)CC1.Cc1nnc(C)nn1.c1ccncc1.c1ccnnc1.c1cnccn1.c1cncnc1.c1cnncn1. The van der Waals surface area contributed by atoms with E-state index in [1.165, 1.54) is 115 Å². The van der Waals surface area contributed by atoms with Gasteiger partial charge in [0.25, 0.3) is 0 Å². The Balaban J connectivity index is -0.0000000373. The highest BCUT2D eigenvalue weighted by Gasteiger charge is 2.10. The third-order valence-corrected chi connectivity index (χ3v) is 12.7. The monoisotopic (exact) mass is 1610 g/mol. The van der Waals surface area contributed by atoms with E-state index in [0.717, 1.165) is 30.9 Å². The molecule has 0 aliphatic carbocycles. The summed E-state index contributed by atoms with van der Waals surface area (Å²) in [6, 6.07) is 11.1. The van der Waals surface area contributed by atoms with Crippen molar-refractivity contribution in [3.8, 4) is 0 Å². The lowest BCUT2D eigenvalue weighted by Gasteiger charge is -2.29. The van der Waals surface area contributed by atoms with Crippen molar-refractivity contribution in [3.63, 3.8) is 0 Å². The molecule has 23 heteroatoms. The van der Waals surface area contributed by atoms with Gasteiger partial charge in [0.1, 0.15) is 12.7 Å². The van der Waals surface area contributed by atoms with Gasteiger partial charge in [-0.15, -0.1) is 49.0 Å². The maximum atomic E-state index is 5.06. The molecule has 0 amide bonds. The predicted molar refractivity (Wildman–Crippen MR) is 511 cm³/mol. The summed E-state index contributed by atoms with van der Waals surface area (Å²) >= 11 is 4.16. The van der Waals surface area contributed by atoms with E-state index in [2.05, 4.69) is 161 Å². The molecule has 5 fully saturated rings. The van der Waals surface area contributed by atoms with Crippen molar-refractivity contribution in [2.75, 3.05) is 119 Å². The Morgan fingerprint density at radius 1 is 0.282 bits per heavy atom. The second kappa shape index (κ2) is 177. The van der Waals surface area contributed by atoms with Crippen LogP contribution in [0.5, 0.6) is 0 Å². The van der Waals surface area contributed by atoms with Gasteiger partial charge >= 0.3 is 0 Å². The minimum absolute atomic E-state index is 0. The highest BCUT2D eigenvalue weighted by molar-refractivity contribution is 8.17. The Labute approximate surface area is 702 Å². The van der Waals surface area contributed by atoms with E-state index in [1.807, 2.05) is 217 Å². The Morgan fingerprint density at radius 2 is 0.564 bits per heavy atom. The fourth-order valence-electron chi connectivity index (χ4n) is 5.94. The zero-order valence-electron chi connectivity index (χ0n) is 72.3. The van der Waals surface area contributed by atoms with Crippen molar-refractivity contribution in [3.05, 3.63) is 135 Å². The number of aromatic nitrogens is 14. The number of nitrogens with zero attached hydrogens (tertiary/aromatic N) is 19. The van der Waals surface area contributed by atoms with Crippen LogP contribution in [0.2, 0.25) is 0 Å². The van der Waals surface area contributed by atoms with Gasteiger partial charge in [0.05, 0.1) is 26.1 Å². The molecule has 668 valence electrons. The van der Waals surface area contributed by atoms with Crippen molar-refractivity contribution >= 4 is 23.5 Å². The lowest BCUT2D eigenvalue weighted by Crippen LogP contribution is -2.42. The first-order valence-electron chi connectivity index (χ1n) is 38.5. The van der Waals surface area contributed by atoms with Crippen LogP contribution in [0.4, 0.5) is 0 Å². The minimum atomic E-state index is 0. The maximum Gasteiger partial charge on any atom is 0.170 e. The number of rotatable bonds is 0. The zero-order chi connectivity index (χ0) is 80.5. The van der Waals surface area contributed by atoms with E-state index in [9.17, 15) is 0 Å². The van der Waals surface area contributed by atoms with Gasteiger partial charge in [-0.25, -0.2) is 15.0 Å². The number of piperidine rings is 1. The maximum absolute atomic E-state index is 5.06. The third kappa shape index (κ3) is 172. The Morgan fingerprint density at radius 3 is 0.718 bits per heavy atom. The van der Waals surface area contributed by atoms with Crippen molar-refractivity contribution in [2.24, 2.45) is 0 Å². The topological polar surface area (TPSA) is 215 Å². The summed E-state index contributed by atoms with van der Waals surface area (Å²) in [4.78, 5) is 34.0. The summed E-state index contributed by atoms with van der Waals surface area (Å²) in [5.41, 5.74) is 0. The highest BCUT2D eigenvalue weighted by Crippen LogP contribution is 2.29. The third-order valence-electron chi connectivity index (χ3n) is 9.94. The van der Waals surface area contributed by atoms with Crippen LogP contribution in [-0.4, -0.2) is 225 Å². The fourth-order valence-corrected chi connectivity index (χ4v) is 8.37. The number of aryl methyl sites for hydroxylation is 2. The summed E-state index contributed by atoms with van der Waals surface area (Å²) < 4.78 is 11.0. The lowest BCUT2D eigenvalue weighted by atomic mass is 10.1. The fraction of sp³-hybridized carbons (Fsp3) is 0.747. The summed E-state index contributed by atoms with van der Waals surface area (Å²) in [6.45, 7) is 72.7. The predicted octanol–water partition coefficient (Wildman–Crippen LogP) is 25.5. The van der Waals surface area contributed by atoms with Crippen LogP contribution < -0.4 is 0 Å².